The number of carbonyl (C=O) groups is 1. The van der Waals surface area contributed by atoms with E-state index in [-0.39, 0.29) is 36.1 Å². The highest BCUT2D eigenvalue weighted by Crippen LogP contribution is 2.11. The van der Waals surface area contributed by atoms with Crippen LogP contribution >= 0.6 is 0 Å². The van der Waals surface area contributed by atoms with Crippen molar-refractivity contribution >= 4 is 5.91 Å². The van der Waals surface area contributed by atoms with Gasteiger partial charge in [0.15, 0.2) is 0 Å². The molecule has 1 saturated heterocycles. The van der Waals surface area contributed by atoms with E-state index in [1.54, 1.807) is 4.90 Å². The summed E-state index contributed by atoms with van der Waals surface area (Å²) < 4.78 is 6.97. The van der Waals surface area contributed by atoms with Crippen LogP contribution in [0.3, 0.4) is 0 Å². The highest BCUT2D eigenvalue weighted by molar-refractivity contribution is 5.76. The van der Waals surface area contributed by atoms with Crippen LogP contribution in [0.5, 0.6) is 0 Å². The number of nitrogens with zero attached hydrogens (tertiary/aromatic N) is 3. The molecule has 6 heteroatoms. The normalized spacial score (nSPS) is 22.6. The van der Waals surface area contributed by atoms with E-state index in [1.807, 2.05) is 27.7 Å². The molecule has 1 aliphatic heterocycles. The molecule has 2 rings (SSSR count). The minimum Gasteiger partial charge on any atom is -0.372 e. The van der Waals surface area contributed by atoms with Crippen LogP contribution in [0.1, 0.15) is 39.3 Å². The molecule has 21 heavy (non-hydrogen) atoms. The Balaban J connectivity index is 2.07. The predicted molar refractivity (Wildman–Crippen MR) is 79.2 cm³/mol. The summed E-state index contributed by atoms with van der Waals surface area (Å²) in [5, 5.41) is 0. The fraction of sp³-hybridized carbons (Fsp3) is 0.667. The molecule has 6 nitrogen and oxygen atoms in total. The molecule has 1 amide bonds. The molecule has 1 aromatic heterocycles. The van der Waals surface area contributed by atoms with Crippen LogP contribution in [-0.4, -0.2) is 45.7 Å². The largest absolute Gasteiger partial charge is 0.372 e. The third-order valence-electron chi connectivity index (χ3n) is 3.57. The smallest absolute Gasteiger partial charge is 0.254 e. The minimum absolute atomic E-state index is 0.0239. The molecule has 0 N–H and O–H groups in total. The molecule has 0 aliphatic carbocycles. The van der Waals surface area contributed by atoms with Crippen molar-refractivity contribution in [2.45, 2.75) is 52.4 Å². The maximum Gasteiger partial charge on any atom is 0.254 e. The second-order valence-corrected chi connectivity index (χ2v) is 5.99. The van der Waals surface area contributed by atoms with E-state index in [0.717, 1.165) is 5.69 Å². The van der Waals surface area contributed by atoms with Crippen molar-refractivity contribution in [1.82, 2.24) is 14.5 Å². The molecule has 1 fully saturated rings. The summed E-state index contributed by atoms with van der Waals surface area (Å²) in [5.41, 5.74) is 0.564. The van der Waals surface area contributed by atoms with Crippen LogP contribution in [0, 0.1) is 0 Å². The summed E-state index contributed by atoms with van der Waals surface area (Å²) in [6.45, 7) is 9.01. The molecule has 0 spiro atoms. The van der Waals surface area contributed by atoms with E-state index in [0.29, 0.717) is 13.1 Å². The zero-order chi connectivity index (χ0) is 15.6. The van der Waals surface area contributed by atoms with Crippen molar-refractivity contribution in [3.05, 3.63) is 28.4 Å². The molecule has 0 aromatic carbocycles. The van der Waals surface area contributed by atoms with Gasteiger partial charge in [0.1, 0.15) is 6.54 Å². The van der Waals surface area contributed by atoms with Gasteiger partial charge >= 0.3 is 0 Å². The van der Waals surface area contributed by atoms with E-state index in [4.69, 9.17) is 4.74 Å². The zero-order valence-electron chi connectivity index (χ0n) is 13.1. The van der Waals surface area contributed by atoms with Crippen LogP contribution < -0.4 is 5.56 Å². The third-order valence-corrected chi connectivity index (χ3v) is 3.57. The number of amides is 1. The number of carbonyl (C=O) groups excluding carboxylic acids is 1. The Morgan fingerprint density at radius 1 is 1.38 bits per heavy atom. The highest BCUT2D eigenvalue weighted by atomic mass is 16.5. The average Bonchev–Trinajstić information content (AvgIpc) is 2.39. The van der Waals surface area contributed by atoms with Gasteiger partial charge in [0.05, 0.1) is 24.2 Å². The lowest BCUT2D eigenvalue weighted by Crippen LogP contribution is -2.49. The Bertz CT molecular complexity index is 558. The van der Waals surface area contributed by atoms with Gasteiger partial charge in [-0.05, 0) is 19.8 Å². The molecular formula is C15H23N3O3. The van der Waals surface area contributed by atoms with Crippen molar-refractivity contribution in [3.63, 3.8) is 0 Å². The van der Waals surface area contributed by atoms with E-state index in [9.17, 15) is 9.59 Å². The summed E-state index contributed by atoms with van der Waals surface area (Å²) in [6.07, 6.45) is 1.51. The third kappa shape index (κ3) is 3.91. The summed E-state index contributed by atoms with van der Waals surface area (Å²) in [5.74, 6) is 0.127. The van der Waals surface area contributed by atoms with E-state index >= 15 is 0 Å². The van der Waals surface area contributed by atoms with Crippen LogP contribution in [0.4, 0.5) is 0 Å². The van der Waals surface area contributed by atoms with E-state index < -0.39 is 0 Å². The number of ether oxygens (including phenoxy) is 1. The molecule has 2 unspecified atom stereocenters. The van der Waals surface area contributed by atoms with Crippen molar-refractivity contribution in [1.29, 1.82) is 0 Å². The topological polar surface area (TPSA) is 64.4 Å². The number of aromatic nitrogens is 2. The summed E-state index contributed by atoms with van der Waals surface area (Å²) >= 11 is 0. The first-order chi connectivity index (χ1) is 9.86. The first kappa shape index (κ1) is 15.7. The van der Waals surface area contributed by atoms with E-state index in [2.05, 4.69) is 4.98 Å². The summed E-state index contributed by atoms with van der Waals surface area (Å²) in [6, 6.07) is 1.50. The van der Waals surface area contributed by atoms with Crippen molar-refractivity contribution in [2.24, 2.45) is 0 Å². The highest BCUT2D eigenvalue weighted by Gasteiger charge is 2.26. The van der Waals surface area contributed by atoms with E-state index in [1.165, 1.54) is 17.0 Å². The lowest BCUT2D eigenvalue weighted by Gasteiger charge is -2.35. The molecule has 0 bridgehead atoms. The quantitative estimate of drug-likeness (QED) is 0.834. The molecule has 0 saturated carbocycles. The predicted octanol–water partition coefficient (Wildman–Crippen LogP) is 1.00. The van der Waals surface area contributed by atoms with Crippen molar-refractivity contribution < 1.29 is 9.53 Å². The van der Waals surface area contributed by atoms with Crippen molar-refractivity contribution in [3.8, 4) is 0 Å². The fourth-order valence-electron chi connectivity index (χ4n) is 2.50. The van der Waals surface area contributed by atoms with Crippen LogP contribution in [0.25, 0.3) is 0 Å². The van der Waals surface area contributed by atoms with Gasteiger partial charge < -0.3 is 9.64 Å². The molecule has 2 heterocycles. The average molecular weight is 293 g/mol. The standard InChI is InChI=1S/C15H23N3O3/c1-10(2)13-5-14(19)18(9-16-13)8-15(20)17-6-11(3)21-12(4)7-17/h5,9-12H,6-8H2,1-4H3. The Labute approximate surface area is 124 Å². The zero-order valence-corrected chi connectivity index (χ0v) is 13.1. The van der Waals surface area contributed by atoms with Crippen LogP contribution in [0.2, 0.25) is 0 Å². The van der Waals surface area contributed by atoms with Crippen LogP contribution in [0.15, 0.2) is 17.2 Å². The molecule has 2 atom stereocenters. The fourth-order valence-corrected chi connectivity index (χ4v) is 2.50. The SMILES string of the molecule is CC1CN(C(=O)Cn2cnc(C(C)C)cc2=O)CC(C)O1. The Morgan fingerprint density at radius 2 is 2.00 bits per heavy atom. The Kier molecular flexibility index (Phi) is 4.77. The Morgan fingerprint density at radius 3 is 2.52 bits per heavy atom. The number of hydrogen-bond donors (Lipinski definition) is 0. The van der Waals surface area contributed by atoms with Gasteiger partial charge in [-0.15, -0.1) is 0 Å². The van der Waals surface area contributed by atoms with Gasteiger partial charge in [-0.2, -0.15) is 0 Å². The first-order valence-corrected chi connectivity index (χ1v) is 7.36. The first-order valence-electron chi connectivity index (χ1n) is 7.36. The monoisotopic (exact) mass is 293 g/mol. The van der Waals surface area contributed by atoms with Gasteiger partial charge in [-0.1, -0.05) is 13.8 Å². The molecular weight excluding hydrogens is 270 g/mol. The molecule has 0 radical (unpaired) electrons. The summed E-state index contributed by atoms with van der Waals surface area (Å²) in [4.78, 5) is 30.3. The molecule has 1 aromatic rings. The van der Waals surface area contributed by atoms with Gasteiger partial charge in [0.25, 0.3) is 5.56 Å². The van der Waals surface area contributed by atoms with Gasteiger partial charge in [0, 0.05) is 19.2 Å². The number of hydrogen-bond acceptors (Lipinski definition) is 4. The van der Waals surface area contributed by atoms with Gasteiger partial charge in [-0.25, -0.2) is 4.98 Å². The number of morpholine rings is 1. The second-order valence-electron chi connectivity index (χ2n) is 5.99. The van der Waals surface area contributed by atoms with Crippen molar-refractivity contribution in [2.75, 3.05) is 13.1 Å². The maximum absolute atomic E-state index is 12.3. The lowest BCUT2D eigenvalue weighted by atomic mass is 10.1. The maximum atomic E-state index is 12.3. The second kappa shape index (κ2) is 6.39. The lowest BCUT2D eigenvalue weighted by molar-refractivity contribution is -0.143. The molecule has 116 valence electrons. The Hall–Kier alpha value is -1.69. The van der Waals surface area contributed by atoms with Gasteiger partial charge in [0.2, 0.25) is 5.91 Å². The van der Waals surface area contributed by atoms with Gasteiger partial charge in [-0.3, -0.25) is 14.2 Å². The van der Waals surface area contributed by atoms with Crippen LogP contribution in [-0.2, 0) is 16.1 Å². The molecule has 1 aliphatic rings. The number of rotatable bonds is 3. The summed E-state index contributed by atoms with van der Waals surface area (Å²) in [7, 11) is 0. The minimum atomic E-state index is -0.184.